The van der Waals surface area contributed by atoms with E-state index in [1.807, 2.05) is 47.0 Å². The third kappa shape index (κ3) is 6.18. The fourth-order valence-electron chi connectivity index (χ4n) is 3.63. The van der Waals surface area contributed by atoms with Gasteiger partial charge in [-0.2, -0.15) is 0 Å². The lowest BCUT2D eigenvalue weighted by Crippen LogP contribution is -2.33. The standard InChI is InChI=1S/C26H35N3O4S/c1-7-31-21-16-19(17-22(32-8-2)24(21)33-9-3)25(30)29(14-10-13-28(5)6)26-27-20-12-11-18(4)15-23(20)34-26/h11-12,15-17H,7-10,13-14H2,1-6H3. The van der Waals surface area contributed by atoms with Gasteiger partial charge in [0.25, 0.3) is 5.91 Å². The van der Waals surface area contributed by atoms with Gasteiger partial charge in [-0.05, 0) is 84.6 Å². The number of rotatable bonds is 12. The van der Waals surface area contributed by atoms with E-state index in [9.17, 15) is 4.79 Å². The fraction of sp³-hybridized carbons (Fsp3) is 0.462. The highest BCUT2D eigenvalue weighted by Crippen LogP contribution is 2.40. The number of ether oxygens (including phenoxy) is 3. The molecule has 0 aliphatic rings. The van der Waals surface area contributed by atoms with Gasteiger partial charge in [0, 0.05) is 12.1 Å². The Hall–Kier alpha value is -2.84. The zero-order chi connectivity index (χ0) is 24.7. The van der Waals surface area contributed by atoms with Crippen LogP contribution in [0, 0.1) is 6.92 Å². The van der Waals surface area contributed by atoms with Crippen molar-refractivity contribution in [1.82, 2.24) is 9.88 Å². The highest BCUT2D eigenvalue weighted by atomic mass is 32.1. The van der Waals surface area contributed by atoms with Gasteiger partial charge in [0.1, 0.15) is 0 Å². The lowest BCUT2D eigenvalue weighted by Gasteiger charge is -2.22. The monoisotopic (exact) mass is 485 g/mol. The molecular formula is C26H35N3O4S. The van der Waals surface area contributed by atoms with Crippen molar-refractivity contribution in [2.45, 2.75) is 34.1 Å². The Morgan fingerprint density at radius 2 is 1.59 bits per heavy atom. The van der Waals surface area contributed by atoms with Crippen molar-refractivity contribution in [2.75, 3.05) is 51.9 Å². The minimum absolute atomic E-state index is 0.139. The molecular weight excluding hydrogens is 450 g/mol. The minimum atomic E-state index is -0.139. The van der Waals surface area contributed by atoms with Crippen LogP contribution in [-0.2, 0) is 0 Å². The molecule has 3 rings (SSSR count). The molecule has 8 heteroatoms. The third-order valence-corrected chi connectivity index (χ3v) is 6.19. The number of anilines is 1. The van der Waals surface area contributed by atoms with Crippen LogP contribution in [0.5, 0.6) is 17.2 Å². The molecule has 0 unspecified atom stereocenters. The molecule has 1 amide bonds. The van der Waals surface area contributed by atoms with Crippen LogP contribution in [0.1, 0.15) is 43.1 Å². The molecule has 0 saturated carbocycles. The van der Waals surface area contributed by atoms with E-state index >= 15 is 0 Å². The molecule has 0 saturated heterocycles. The van der Waals surface area contributed by atoms with Crippen molar-refractivity contribution in [3.05, 3.63) is 41.5 Å². The van der Waals surface area contributed by atoms with Crippen molar-refractivity contribution >= 4 is 32.6 Å². The van der Waals surface area contributed by atoms with E-state index in [4.69, 9.17) is 19.2 Å². The summed E-state index contributed by atoms with van der Waals surface area (Å²) in [4.78, 5) is 22.5. The van der Waals surface area contributed by atoms with Gasteiger partial charge in [0.05, 0.1) is 30.0 Å². The Bertz CT molecular complexity index is 1090. The Labute approximate surface area is 206 Å². The Balaban J connectivity index is 2.04. The number of hydrogen-bond donors (Lipinski definition) is 0. The van der Waals surface area contributed by atoms with Crippen LogP contribution in [0.4, 0.5) is 5.13 Å². The zero-order valence-corrected chi connectivity index (χ0v) is 21.8. The van der Waals surface area contributed by atoms with Crippen LogP contribution in [0.2, 0.25) is 0 Å². The summed E-state index contributed by atoms with van der Waals surface area (Å²) >= 11 is 1.53. The first-order valence-corrected chi connectivity index (χ1v) is 12.6. The van der Waals surface area contributed by atoms with E-state index < -0.39 is 0 Å². The van der Waals surface area contributed by atoms with Crippen LogP contribution in [-0.4, -0.2) is 62.8 Å². The SMILES string of the molecule is CCOc1cc(C(=O)N(CCCN(C)C)c2nc3ccc(C)cc3s2)cc(OCC)c1OCC. The zero-order valence-electron chi connectivity index (χ0n) is 21.0. The molecule has 34 heavy (non-hydrogen) atoms. The van der Waals surface area contributed by atoms with Crippen molar-refractivity contribution in [2.24, 2.45) is 0 Å². The first kappa shape index (κ1) is 25.8. The fourth-order valence-corrected chi connectivity index (χ4v) is 4.72. The van der Waals surface area contributed by atoms with Gasteiger partial charge in [-0.3, -0.25) is 9.69 Å². The molecule has 0 N–H and O–H groups in total. The smallest absolute Gasteiger partial charge is 0.260 e. The molecule has 0 atom stereocenters. The summed E-state index contributed by atoms with van der Waals surface area (Å²) in [7, 11) is 4.06. The van der Waals surface area contributed by atoms with Crippen molar-refractivity contribution < 1.29 is 19.0 Å². The molecule has 0 radical (unpaired) electrons. The Morgan fingerprint density at radius 1 is 0.941 bits per heavy atom. The normalized spacial score (nSPS) is 11.1. The maximum absolute atomic E-state index is 13.9. The summed E-state index contributed by atoms with van der Waals surface area (Å²) in [5.41, 5.74) is 2.55. The summed E-state index contributed by atoms with van der Waals surface area (Å²) < 4.78 is 18.5. The number of nitrogens with zero attached hydrogens (tertiary/aromatic N) is 3. The minimum Gasteiger partial charge on any atom is -0.490 e. The molecule has 0 bridgehead atoms. The lowest BCUT2D eigenvalue weighted by molar-refractivity contribution is 0.0985. The lowest BCUT2D eigenvalue weighted by atomic mass is 10.1. The summed E-state index contributed by atoms with van der Waals surface area (Å²) in [6.07, 6.45) is 0.821. The van der Waals surface area contributed by atoms with Gasteiger partial charge in [0.2, 0.25) is 5.75 Å². The van der Waals surface area contributed by atoms with Crippen molar-refractivity contribution in [3.8, 4) is 17.2 Å². The summed E-state index contributed by atoms with van der Waals surface area (Å²) in [6.45, 7) is 10.6. The number of hydrogen-bond acceptors (Lipinski definition) is 7. The van der Waals surface area contributed by atoms with Crippen molar-refractivity contribution in [3.63, 3.8) is 0 Å². The Morgan fingerprint density at radius 3 is 2.18 bits per heavy atom. The number of aromatic nitrogens is 1. The van der Waals surface area contributed by atoms with Crippen molar-refractivity contribution in [1.29, 1.82) is 0 Å². The molecule has 2 aromatic carbocycles. The molecule has 7 nitrogen and oxygen atoms in total. The summed E-state index contributed by atoms with van der Waals surface area (Å²) in [5.74, 6) is 1.40. The average molecular weight is 486 g/mol. The summed E-state index contributed by atoms with van der Waals surface area (Å²) in [6, 6.07) is 9.64. The number of thiazole rings is 1. The van der Waals surface area contributed by atoms with Gasteiger partial charge in [-0.25, -0.2) is 4.98 Å². The topological polar surface area (TPSA) is 64.1 Å². The maximum atomic E-state index is 13.9. The van der Waals surface area contributed by atoms with Crippen LogP contribution in [0.25, 0.3) is 10.2 Å². The second-order valence-electron chi connectivity index (χ2n) is 8.18. The highest BCUT2D eigenvalue weighted by Gasteiger charge is 2.25. The molecule has 3 aromatic rings. The highest BCUT2D eigenvalue weighted by molar-refractivity contribution is 7.22. The second kappa shape index (κ2) is 12.0. The van der Waals surface area contributed by atoms with Crippen LogP contribution in [0.15, 0.2) is 30.3 Å². The number of aryl methyl sites for hydroxylation is 1. The number of amides is 1. The van der Waals surface area contributed by atoms with Gasteiger partial charge in [-0.1, -0.05) is 17.4 Å². The largest absolute Gasteiger partial charge is 0.490 e. The quantitative estimate of drug-likeness (QED) is 0.342. The molecule has 0 spiro atoms. The van der Waals surface area contributed by atoms with Gasteiger partial charge >= 0.3 is 0 Å². The van der Waals surface area contributed by atoms with E-state index in [1.165, 1.54) is 16.9 Å². The van der Waals surface area contributed by atoms with E-state index in [2.05, 4.69) is 17.9 Å². The number of carbonyl (C=O) groups is 1. The number of benzene rings is 2. The molecule has 1 heterocycles. The predicted molar refractivity (Wildman–Crippen MR) is 139 cm³/mol. The van der Waals surface area contributed by atoms with Gasteiger partial charge in [0.15, 0.2) is 16.6 Å². The van der Waals surface area contributed by atoms with E-state index in [-0.39, 0.29) is 5.91 Å². The third-order valence-electron chi connectivity index (χ3n) is 5.15. The average Bonchev–Trinajstić information content (AvgIpc) is 3.21. The maximum Gasteiger partial charge on any atom is 0.260 e. The molecule has 1 aromatic heterocycles. The number of fused-ring (bicyclic) bond motifs is 1. The molecule has 184 valence electrons. The predicted octanol–water partition coefficient (Wildman–Crippen LogP) is 5.40. The van der Waals surface area contributed by atoms with E-state index in [1.54, 1.807) is 17.0 Å². The molecule has 0 fully saturated rings. The Kier molecular flexibility index (Phi) is 9.12. The summed E-state index contributed by atoms with van der Waals surface area (Å²) in [5, 5.41) is 0.689. The van der Waals surface area contributed by atoms with E-state index in [0.717, 1.165) is 23.2 Å². The second-order valence-corrected chi connectivity index (χ2v) is 9.19. The molecule has 0 aliphatic carbocycles. The van der Waals surface area contributed by atoms with Gasteiger partial charge < -0.3 is 19.1 Å². The first-order chi connectivity index (χ1) is 16.4. The molecule has 0 aliphatic heterocycles. The van der Waals surface area contributed by atoms with Crippen LogP contribution >= 0.6 is 11.3 Å². The first-order valence-electron chi connectivity index (χ1n) is 11.8. The van der Waals surface area contributed by atoms with Crippen LogP contribution in [0.3, 0.4) is 0 Å². The van der Waals surface area contributed by atoms with Crippen LogP contribution < -0.4 is 19.1 Å². The van der Waals surface area contributed by atoms with Gasteiger partial charge in [-0.15, -0.1) is 0 Å². The van der Waals surface area contributed by atoms with E-state index in [0.29, 0.717) is 54.3 Å². The number of carbonyl (C=O) groups excluding carboxylic acids is 1.